The number of carbonyl (C=O) groups is 1. The molecule has 1 fully saturated rings. The van der Waals surface area contributed by atoms with Gasteiger partial charge in [0.2, 0.25) is 5.91 Å². The van der Waals surface area contributed by atoms with Crippen molar-refractivity contribution < 1.29 is 4.79 Å². The molecular weight excluding hydrogens is 250 g/mol. The molecule has 0 radical (unpaired) electrons. The van der Waals surface area contributed by atoms with Crippen molar-refractivity contribution in [3.63, 3.8) is 0 Å². The predicted molar refractivity (Wildman–Crippen MR) is 80.8 cm³/mol. The molecule has 2 aromatic rings. The first-order valence-corrected chi connectivity index (χ1v) is 7.00. The highest BCUT2D eigenvalue weighted by Crippen LogP contribution is 2.22. The number of likely N-dealkylation sites (N-methyl/N-ethyl adjacent to an activating group) is 1. The van der Waals surface area contributed by atoms with Gasteiger partial charge in [0, 0.05) is 31.4 Å². The minimum Gasteiger partial charge on any atom is -0.365 e. The van der Waals surface area contributed by atoms with Gasteiger partial charge in [-0.1, -0.05) is 18.2 Å². The second kappa shape index (κ2) is 5.12. The number of fused-ring (bicyclic) bond motifs is 1. The quantitative estimate of drug-likeness (QED) is 0.911. The fourth-order valence-electron chi connectivity index (χ4n) is 2.69. The molecule has 2 heterocycles. The Morgan fingerprint density at radius 2 is 2.15 bits per heavy atom. The number of nitrogens with one attached hydrogen (secondary N) is 1. The molecule has 0 aliphatic carbocycles. The third-order valence-corrected chi connectivity index (χ3v) is 3.88. The molecule has 4 nitrogen and oxygen atoms in total. The van der Waals surface area contributed by atoms with Crippen LogP contribution >= 0.6 is 0 Å². The highest BCUT2D eigenvalue weighted by atomic mass is 16.2. The van der Waals surface area contributed by atoms with Gasteiger partial charge in [-0.05, 0) is 31.0 Å². The van der Waals surface area contributed by atoms with E-state index in [1.165, 1.54) is 0 Å². The number of piperidine rings is 1. The van der Waals surface area contributed by atoms with Crippen LogP contribution in [0.3, 0.4) is 0 Å². The highest BCUT2D eigenvalue weighted by Gasteiger charge is 2.23. The summed E-state index contributed by atoms with van der Waals surface area (Å²) >= 11 is 0. The lowest BCUT2D eigenvalue weighted by molar-refractivity contribution is -0.132. The molecule has 0 spiro atoms. The summed E-state index contributed by atoms with van der Waals surface area (Å²) in [6, 6.07) is 10.6. The first-order valence-electron chi connectivity index (χ1n) is 7.00. The van der Waals surface area contributed by atoms with Gasteiger partial charge in [0.25, 0.3) is 0 Å². The number of carbonyl (C=O) groups excluding carboxylic acids is 1. The van der Waals surface area contributed by atoms with Crippen LogP contribution in [0.25, 0.3) is 10.9 Å². The molecule has 1 N–H and O–H groups in total. The van der Waals surface area contributed by atoms with Crippen LogP contribution < -0.4 is 5.32 Å². The molecule has 104 valence electrons. The van der Waals surface area contributed by atoms with Crippen LogP contribution in [0.4, 0.5) is 5.82 Å². The maximum Gasteiger partial charge on any atom is 0.222 e. The van der Waals surface area contributed by atoms with Gasteiger partial charge in [0.15, 0.2) is 0 Å². The van der Waals surface area contributed by atoms with Crippen molar-refractivity contribution >= 4 is 22.6 Å². The van der Waals surface area contributed by atoms with E-state index >= 15 is 0 Å². The summed E-state index contributed by atoms with van der Waals surface area (Å²) in [7, 11) is 1.86. The number of likely N-dealkylation sites (tertiary alicyclic amines) is 1. The number of aryl methyl sites for hydroxylation is 1. The first-order chi connectivity index (χ1) is 9.63. The Morgan fingerprint density at radius 1 is 1.35 bits per heavy atom. The van der Waals surface area contributed by atoms with Gasteiger partial charge in [-0.15, -0.1) is 0 Å². The number of aromatic nitrogens is 1. The van der Waals surface area contributed by atoms with Crippen molar-refractivity contribution in [2.75, 3.05) is 18.9 Å². The molecule has 1 aliphatic heterocycles. The first kappa shape index (κ1) is 12.9. The van der Waals surface area contributed by atoms with Gasteiger partial charge >= 0.3 is 0 Å². The van der Waals surface area contributed by atoms with Gasteiger partial charge in [-0.3, -0.25) is 4.79 Å². The Kier molecular flexibility index (Phi) is 3.30. The second-order valence-electron chi connectivity index (χ2n) is 5.50. The number of rotatable bonds is 2. The van der Waals surface area contributed by atoms with Crippen LogP contribution in [0.5, 0.6) is 0 Å². The van der Waals surface area contributed by atoms with Crippen LogP contribution in [0.1, 0.15) is 18.4 Å². The van der Waals surface area contributed by atoms with Gasteiger partial charge in [-0.2, -0.15) is 0 Å². The molecule has 1 aromatic heterocycles. The Balaban J connectivity index is 1.83. The zero-order valence-corrected chi connectivity index (χ0v) is 11.9. The van der Waals surface area contributed by atoms with E-state index in [2.05, 4.69) is 24.4 Å². The van der Waals surface area contributed by atoms with Crippen molar-refractivity contribution in [2.45, 2.75) is 25.8 Å². The second-order valence-corrected chi connectivity index (χ2v) is 5.50. The molecule has 1 saturated heterocycles. The molecule has 1 amide bonds. The van der Waals surface area contributed by atoms with E-state index in [1.54, 1.807) is 4.90 Å². The van der Waals surface area contributed by atoms with E-state index in [9.17, 15) is 4.79 Å². The average molecular weight is 269 g/mol. The van der Waals surface area contributed by atoms with Gasteiger partial charge in [0.05, 0.1) is 5.52 Å². The number of benzene rings is 1. The minimum atomic E-state index is 0.228. The van der Waals surface area contributed by atoms with E-state index in [0.29, 0.717) is 6.42 Å². The predicted octanol–water partition coefficient (Wildman–Crippen LogP) is 2.58. The van der Waals surface area contributed by atoms with Crippen molar-refractivity contribution in [2.24, 2.45) is 0 Å². The van der Waals surface area contributed by atoms with Gasteiger partial charge < -0.3 is 10.2 Å². The molecule has 4 heteroatoms. The molecule has 1 aromatic carbocycles. The summed E-state index contributed by atoms with van der Waals surface area (Å²) in [4.78, 5) is 18.0. The Hall–Kier alpha value is -2.10. The largest absolute Gasteiger partial charge is 0.365 e. The summed E-state index contributed by atoms with van der Waals surface area (Å²) in [5.74, 6) is 1.16. The zero-order chi connectivity index (χ0) is 14.1. The Labute approximate surface area is 118 Å². The lowest BCUT2D eigenvalue weighted by Gasteiger charge is -2.30. The third kappa shape index (κ3) is 2.46. The number of anilines is 1. The number of nitrogens with zero attached hydrogens (tertiary/aromatic N) is 2. The normalized spacial score (nSPS) is 19.4. The van der Waals surface area contributed by atoms with Crippen molar-refractivity contribution in [1.29, 1.82) is 0 Å². The number of para-hydroxylation sites is 1. The monoisotopic (exact) mass is 269 g/mol. The molecular formula is C16H19N3O. The minimum absolute atomic E-state index is 0.228. The summed E-state index contributed by atoms with van der Waals surface area (Å²) in [6.45, 7) is 2.81. The lowest BCUT2D eigenvalue weighted by Crippen LogP contribution is -2.43. The summed E-state index contributed by atoms with van der Waals surface area (Å²) in [5, 5.41) is 4.65. The van der Waals surface area contributed by atoms with Crippen molar-refractivity contribution in [3.05, 3.63) is 35.9 Å². The van der Waals surface area contributed by atoms with Gasteiger partial charge in [-0.25, -0.2) is 4.98 Å². The summed E-state index contributed by atoms with van der Waals surface area (Å²) in [5.41, 5.74) is 2.14. The molecule has 1 atom stereocenters. The van der Waals surface area contributed by atoms with Crippen LogP contribution in [0.15, 0.2) is 30.3 Å². The maximum absolute atomic E-state index is 11.5. The smallest absolute Gasteiger partial charge is 0.222 e. The van der Waals surface area contributed by atoms with Crippen LogP contribution in [0, 0.1) is 6.92 Å². The summed E-state index contributed by atoms with van der Waals surface area (Å²) in [6.07, 6.45) is 1.48. The molecule has 1 aliphatic rings. The van der Waals surface area contributed by atoms with E-state index in [-0.39, 0.29) is 11.9 Å². The fourth-order valence-corrected chi connectivity index (χ4v) is 2.69. The van der Waals surface area contributed by atoms with E-state index in [1.807, 2.05) is 25.2 Å². The Morgan fingerprint density at radius 3 is 2.95 bits per heavy atom. The van der Waals surface area contributed by atoms with Crippen LogP contribution in [-0.4, -0.2) is 35.4 Å². The molecule has 3 rings (SSSR count). The van der Waals surface area contributed by atoms with E-state index in [4.69, 9.17) is 4.98 Å². The number of amides is 1. The Bertz CT molecular complexity index is 653. The average Bonchev–Trinajstić information content (AvgIpc) is 2.44. The van der Waals surface area contributed by atoms with E-state index < -0.39 is 0 Å². The lowest BCUT2D eigenvalue weighted by atomic mass is 10.1. The third-order valence-electron chi connectivity index (χ3n) is 3.88. The number of hydrogen-bond donors (Lipinski definition) is 1. The molecule has 0 bridgehead atoms. The van der Waals surface area contributed by atoms with Crippen LogP contribution in [-0.2, 0) is 4.79 Å². The topological polar surface area (TPSA) is 45.2 Å². The number of hydrogen-bond acceptors (Lipinski definition) is 3. The van der Waals surface area contributed by atoms with E-state index in [0.717, 1.165) is 35.2 Å². The van der Waals surface area contributed by atoms with Crippen LogP contribution in [0.2, 0.25) is 0 Å². The SMILES string of the molecule is Cc1cc2ccccc2nc1NC1CCC(=O)N(C)C1. The number of pyridine rings is 1. The fraction of sp³-hybridized carbons (Fsp3) is 0.375. The van der Waals surface area contributed by atoms with Crippen molar-refractivity contribution in [3.8, 4) is 0 Å². The molecule has 0 saturated carbocycles. The molecule has 20 heavy (non-hydrogen) atoms. The highest BCUT2D eigenvalue weighted by molar-refractivity contribution is 5.81. The summed E-state index contributed by atoms with van der Waals surface area (Å²) < 4.78 is 0. The maximum atomic E-state index is 11.5. The zero-order valence-electron chi connectivity index (χ0n) is 11.9. The van der Waals surface area contributed by atoms with Crippen molar-refractivity contribution in [1.82, 2.24) is 9.88 Å². The molecule has 1 unspecified atom stereocenters. The van der Waals surface area contributed by atoms with Gasteiger partial charge in [0.1, 0.15) is 5.82 Å². The standard InChI is InChI=1S/C16H19N3O/c1-11-9-12-5-3-4-6-14(12)18-16(11)17-13-7-8-15(20)19(2)10-13/h3-6,9,13H,7-8,10H2,1-2H3,(H,17,18).